The fourth-order valence-electron chi connectivity index (χ4n) is 3.09. The lowest BCUT2D eigenvalue weighted by Crippen LogP contribution is -2.16. The molecule has 1 heteroatoms. The monoisotopic (exact) mass is 226 g/mol. The van der Waals surface area contributed by atoms with Crippen molar-refractivity contribution in [3.63, 3.8) is 0 Å². The van der Waals surface area contributed by atoms with E-state index in [1.165, 1.54) is 44.9 Å². The van der Waals surface area contributed by atoms with Gasteiger partial charge in [-0.15, -0.1) is 0 Å². The van der Waals surface area contributed by atoms with Crippen LogP contribution in [-0.2, 0) is 0 Å². The van der Waals surface area contributed by atoms with Gasteiger partial charge >= 0.3 is 0 Å². The average molecular weight is 226 g/mol. The lowest BCUT2D eigenvalue weighted by molar-refractivity contribution is 0.144. The average Bonchev–Trinajstić information content (AvgIpc) is 2.30. The highest BCUT2D eigenvalue weighted by molar-refractivity contribution is 4.71. The fourth-order valence-corrected chi connectivity index (χ4v) is 3.09. The van der Waals surface area contributed by atoms with Crippen LogP contribution in [-0.4, -0.2) is 11.2 Å². The van der Waals surface area contributed by atoms with Crippen LogP contribution in [0.3, 0.4) is 0 Å². The van der Waals surface area contributed by atoms with E-state index in [1.807, 2.05) is 0 Å². The molecule has 1 aliphatic carbocycles. The van der Waals surface area contributed by atoms with Gasteiger partial charge in [0.15, 0.2) is 0 Å². The van der Waals surface area contributed by atoms with Gasteiger partial charge in [0.2, 0.25) is 0 Å². The Balaban J connectivity index is 2.07. The largest absolute Gasteiger partial charge is 0.393 e. The van der Waals surface area contributed by atoms with Crippen molar-refractivity contribution >= 4 is 0 Å². The molecule has 0 amide bonds. The zero-order valence-electron chi connectivity index (χ0n) is 11.3. The second-order valence-corrected chi connectivity index (χ2v) is 5.75. The van der Waals surface area contributed by atoms with Gasteiger partial charge in [0, 0.05) is 0 Å². The summed E-state index contributed by atoms with van der Waals surface area (Å²) in [5.74, 6) is 1.87. The number of rotatable bonds is 7. The Bertz CT molecular complexity index is 161. The molecule has 0 aliphatic heterocycles. The van der Waals surface area contributed by atoms with Gasteiger partial charge in [-0.25, -0.2) is 0 Å². The molecule has 0 aromatic carbocycles. The SMILES string of the molecule is CCC[C@H](O)CCC[C@@H](C)C1CCCCC1. The number of hydrogen-bond acceptors (Lipinski definition) is 1. The van der Waals surface area contributed by atoms with Gasteiger partial charge in [0.1, 0.15) is 0 Å². The van der Waals surface area contributed by atoms with Gasteiger partial charge in [0.05, 0.1) is 6.10 Å². The van der Waals surface area contributed by atoms with Gasteiger partial charge in [-0.05, 0) is 24.7 Å². The molecule has 0 radical (unpaired) electrons. The predicted molar refractivity (Wildman–Crippen MR) is 70.5 cm³/mol. The molecule has 0 heterocycles. The number of aliphatic hydroxyl groups is 1. The first-order chi connectivity index (χ1) is 7.74. The molecule has 1 fully saturated rings. The molecular formula is C15H30O. The highest BCUT2D eigenvalue weighted by Crippen LogP contribution is 2.32. The summed E-state index contributed by atoms with van der Waals surface area (Å²) in [6, 6.07) is 0. The van der Waals surface area contributed by atoms with Crippen LogP contribution in [0.1, 0.15) is 78.1 Å². The third kappa shape index (κ3) is 5.34. The summed E-state index contributed by atoms with van der Waals surface area (Å²) in [7, 11) is 0. The van der Waals surface area contributed by atoms with Crippen LogP contribution < -0.4 is 0 Å². The maximum absolute atomic E-state index is 9.67. The van der Waals surface area contributed by atoms with Crippen LogP contribution in [0.4, 0.5) is 0 Å². The number of hydrogen-bond donors (Lipinski definition) is 1. The zero-order valence-corrected chi connectivity index (χ0v) is 11.3. The van der Waals surface area contributed by atoms with E-state index in [9.17, 15) is 5.11 Å². The molecule has 16 heavy (non-hydrogen) atoms. The fraction of sp³-hybridized carbons (Fsp3) is 1.00. The van der Waals surface area contributed by atoms with Crippen molar-refractivity contribution in [3.05, 3.63) is 0 Å². The molecule has 1 N–H and O–H groups in total. The predicted octanol–water partition coefficient (Wildman–Crippen LogP) is 4.53. The van der Waals surface area contributed by atoms with Crippen LogP contribution >= 0.6 is 0 Å². The maximum Gasteiger partial charge on any atom is 0.0540 e. The van der Waals surface area contributed by atoms with Gasteiger partial charge in [-0.3, -0.25) is 0 Å². The topological polar surface area (TPSA) is 20.2 Å². The van der Waals surface area contributed by atoms with Gasteiger partial charge in [-0.1, -0.05) is 65.2 Å². The normalized spacial score (nSPS) is 21.9. The Hall–Kier alpha value is -0.0400. The summed E-state index contributed by atoms with van der Waals surface area (Å²) in [4.78, 5) is 0. The molecule has 0 unspecified atom stereocenters. The lowest BCUT2D eigenvalue weighted by Gasteiger charge is -2.27. The van der Waals surface area contributed by atoms with Crippen molar-refractivity contribution < 1.29 is 5.11 Å². The van der Waals surface area contributed by atoms with E-state index in [0.29, 0.717) is 0 Å². The minimum Gasteiger partial charge on any atom is -0.393 e. The molecule has 0 bridgehead atoms. The number of aliphatic hydroxyl groups excluding tert-OH is 1. The highest BCUT2D eigenvalue weighted by atomic mass is 16.3. The van der Waals surface area contributed by atoms with E-state index in [-0.39, 0.29) is 6.10 Å². The van der Waals surface area contributed by atoms with Crippen molar-refractivity contribution in [2.24, 2.45) is 11.8 Å². The molecule has 0 aromatic heterocycles. The first-order valence-corrected chi connectivity index (χ1v) is 7.42. The second kappa shape index (κ2) is 8.11. The summed E-state index contributed by atoms with van der Waals surface area (Å²) in [5, 5.41) is 9.67. The lowest BCUT2D eigenvalue weighted by atomic mass is 9.79. The summed E-state index contributed by atoms with van der Waals surface area (Å²) >= 11 is 0. The van der Waals surface area contributed by atoms with Gasteiger partial charge in [0.25, 0.3) is 0 Å². The summed E-state index contributed by atoms with van der Waals surface area (Å²) < 4.78 is 0. The smallest absolute Gasteiger partial charge is 0.0540 e. The van der Waals surface area contributed by atoms with E-state index >= 15 is 0 Å². The van der Waals surface area contributed by atoms with Gasteiger partial charge in [-0.2, -0.15) is 0 Å². The van der Waals surface area contributed by atoms with Crippen LogP contribution in [0.15, 0.2) is 0 Å². The van der Waals surface area contributed by atoms with E-state index in [2.05, 4.69) is 13.8 Å². The van der Waals surface area contributed by atoms with E-state index in [0.717, 1.165) is 31.1 Å². The van der Waals surface area contributed by atoms with Crippen molar-refractivity contribution in [1.82, 2.24) is 0 Å². The molecule has 2 atom stereocenters. The van der Waals surface area contributed by atoms with Gasteiger partial charge < -0.3 is 5.11 Å². The molecular weight excluding hydrogens is 196 g/mol. The van der Waals surface area contributed by atoms with Crippen molar-refractivity contribution in [1.29, 1.82) is 0 Å². The van der Waals surface area contributed by atoms with Crippen LogP contribution in [0.25, 0.3) is 0 Å². The van der Waals surface area contributed by atoms with Crippen molar-refractivity contribution in [3.8, 4) is 0 Å². The quantitative estimate of drug-likeness (QED) is 0.676. The Morgan fingerprint density at radius 2 is 1.75 bits per heavy atom. The molecule has 1 nitrogen and oxygen atoms in total. The molecule has 0 saturated heterocycles. The van der Waals surface area contributed by atoms with Crippen LogP contribution in [0.2, 0.25) is 0 Å². The van der Waals surface area contributed by atoms with Crippen LogP contribution in [0.5, 0.6) is 0 Å². The van der Waals surface area contributed by atoms with E-state index in [1.54, 1.807) is 0 Å². The summed E-state index contributed by atoms with van der Waals surface area (Å²) in [6.45, 7) is 4.57. The molecule has 1 saturated carbocycles. The first-order valence-electron chi connectivity index (χ1n) is 7.42. The summed E-state index contributed by atoms with van der Waals surface area (Å²) in [5.41, 5.74) is 0. The Kier molecular flexibility index (Phi) is 7.11. The highest BCUT2D eigenvalue weighted by Gasteiger charge is 2.19. The van der Waals surface area contributed by atoms with Crippen LogP contribution in [0, 0.1) is 11.8 Å². The third-order valence-electron chi connectivity index (χ3n) is 4.27. The van der Waals surface area contributed by atoms with Crippen molar-refractivity contribution in [2.75, 3.05) is 0 Å². The summed E-state index contributed by atoms with van der Waals surface area (Å²) in [6.07, 6.45) is 12.9. The molecule has 1 rings (SSSR count). The Morgan fingerprint density at radius 3 is 2.38 bits per heavy atom. The molecule has 0 spiro atoms. The first kappa shape index (κ1) is 14.0. The van der Waals surface area contributed by atoms with E-state index in [4.69, 9.17) is 0 Å². The maximum atomic E-state index is 9.67. The minimum atomic E-state index is -0.0384. The Morgan fingerprint density at radius 1 is 1.06 bits per heavy atom. The molecule has 1 aliphatic rings. The van der Waals surface area contributed by atoms with E-state index < -0.39 is 0 Å². The van der Waals surface area contributed by atoms with Crippen molar-refractivity contribution in [2.45, 2.75) is 84.2 Å². The molecule has 0 aromatic rings. The zero-order chi connectivity index (χ0) is 11.8. The third-order valence-corrected chi connectivity index (χ3v) is 4.27. The minimum absolute atomic E-state index is 0.0384. The molecule has 96 valence electrons. The standard InChI is InChI=1S/C15H30O/c1-3-8-15(16)12-7-9-13(2)14-10-5-4-6-11-14/h13-16H,3-12H2,1-2H3/t13-,15+/m1/s1. The Labute approximate surface area is 102 Å². The second-order valence-electron chi connectivity index (χ2n) is 5.75.